The van der Waals surface area contributed by atoms with E-state index in [0.717, 1.165) is 0 Å². The summed E-state index contributed by atoms with van der Waals surface area (Å²) in [7, 11) is 1.27. The molecule has 0 amide bonds. The Balaban J connectivity index is 3.13. The van der Waals surface area contributed by atoms with Crippen LogP contribution in [0.15, 0.2) is 6.07 Å². The smallest absolute Gasteiger partial charge is 0.310 e. The van der Waals surface area contributed by atoms with Gasteiger partial charge in [0, 0.05) is 12.2 Å². The SMILES string of the molecule is COC(=O)Cc1cc(CN)c(C(F)F)nc1C. The molecule has 4 nitrogen and oxygen atoms in total. The molecule has 0 aliphatic heterocycles. The van der Waals surface area contributed by atoms with Crippen LogP contribution in [0.2, 0.25) is 0 Å². The van der Waals surface area contributed by atoms with Crippen LogP contribution in [0.1, 0.15) is 28.9 Å². The van der Waals surface area contributed by atoms with Gasteiger partial charge < -0.3 is 10.5 Å². The maximum atomic E-state index is 12.6. The molecule has 94 valence electrons. The number of nitrogens with two attached hydrogens (primary N) is 1. The third kappa shape index (κ3) is 3.20. The monoisotopic (exact) mass is 244 g/mol. The largest absolute Gasteiger partial charge is 0.469 e. The number of pyridine rings is 1. The minimum absolute atomic E-state index is 0.00580. The van der Waals surface area contributed by atoms with E-state index in [2.05, 4.69) is 9.72 Å². The number of carbonyl (C=O) groups excluding carboxylic acids is 1. The van der Waals surface area contributed by atoms with E-state index in [-0.39, 0.29) is 24.2 Å². The van der Waals surface area contributed by atoms with Crippen LogP contribution in [0.5, 0.6) is 0 Å². The highest BCUT2D eigenvalue weighted by Crippen LogP contribution is 2.23. The zero-order chi connectivity index (χ0) is 13.0. The van der Waals surface area contributed by atoms with Crippen molar-refractivity contribution < 1.29 is 18.3 Å². The van der Waals surface area contributed by atoms with Gasteiger partial charge >= 0.3 is 5.97 Å². The van der Waals surface area contributed by atoms with Crippen LogP contribution in [0.4, 0.5) is 8.78 Å². The third-order valence-electron chi connectivity index (χ3n) is 2.42. The van der Waals surface area contributed by atoms with Gasteiger partial charge in [-0.25, -0.2) is 8.78 Å². The van der Waals surface area contributed by atoms with Crippen molar-refractivity contribution in [2.24, 2.45) is 5.73 Å². The molecular weight excluding hydrogens is 230 g/mol. The van der Waals surface area contributed by atoms with E-state index in [1.54, 1.807) is 6.92 Å². The fourth-order valence-corrected chi connectivity index (χ4v) is 1.47. The Labute approximate surface area is 97.8 Å². The summed E-state index contributed by atoms with van der Waals surface area (Å²) in [5.41, 5.74) is 6.26. The molecular formula is C11H14F2N2O2. The summed E-state index contributed by atoms with van der Waals surface area (Å²) in [6, 6.07) is 1.49. The number of esters is 1. The fraction of sp³-hybridized carbons (Fsp3) is 0.455. The van der Waals surface area contributed by atoms with Crippen molar-refractivity contribution in [3.05, 3.63) is 28.6 Å². The number of alkyl halides is 2. The predicted octanol–water partition coefficient (Wildman–Crippen LogP) is 1.50. The van der Waals surface area contributed by atoms with Crippen LogP contribution >= 0.6 is 0 Å². The number of hydrogen-bond acceptors (Lipinski definition) is 4. The average molecular weight is 244 g/mol. The molecule has 0 bridgehead atoms. The van der Waals surface area contributed by atoms with Crippen molar-refractivity contribution in [3.63, 3.8) is 0 Å². The van der Waals surface area contributed by atoms with Crippen molar-refractivity contribution in [1.82, 2.24) is 4.98 Å². The quantitative estimate of drug-likeness (QED) is 0.815. The number of methoxy groups -OCH3 is 1. The number of aryl methyl sites for hydroxylation is 1. The maximum absolute atomic E-state index is 12.6. The summed E-state index contributed by atoms with van der Waals surface area (Å²) < 4.78 is 29.8. The first-order chi connectivity index (χ1) is 7.99. The molecule has 2 N–H and O–H groups in total. The van der Waals surface area contributed by atoms with Crippen molar-refractivity contribution in [1.29, 1.82) is 0 Å². The fourth-order valence-electron chi connectivity index (χ4n) is 1.47. The van der Waals surface area contributed by atoms with Crippen molar-refractivity contribution in [3.8, 4) is 0 Å². The van der Waals surface area contributed by atoms with Crippen LogP contribution in [0.25, 0.3) is 0 Å². The summed E-state index contributed by atoms with van der Waals surface area (Å²) in [6.45, 7) is 1.53. The summed E-state index contributed by atoms with van der Waals surface area (Å²) in [4.78, 5) is 14.9. The van der Waals surface area contributed by atoms with E-state index in [1.807, 2.05) is 0 Å². The van der Waals surface area contributed by atoms with Crippen LogP contribution in [-0.2, 0) is 22.5 Å². The van der Waals surface area contributed by atoms with Gasteiger partial charge in [-0.05, 0) is 18.1 Å². The Morgan fingerprint density at radius 1 is 1.53 bits per heavy atom. The predicted molar refractivity (Wildman–Crippen MR) is 57.5 cm³/mol. The molecule has 1 aromatic heterocycles. The molecule has 0 atom stereocenters. The number of halogens is 2. The summed E-state index contributed by atoms with van der Waals surface area (Å²) in [5.74, 6) is -0.442. The first-order valence-electron chi connectivity index (χ1n) is 5.04. The number of carbonyl (C=O) groups is 1. The van der Waals surface area contributed by atoms with E-state index in [4.69, 9.17) is 5.73 Å². The number of rotatable bonds is 4. The normalized spacial score (nSPS) is 10.7. The molecule has 0 aromatic carbocycles. The lowest BCUT2D eigenvalue weighted by Crippen LogP contribution is -2.11. The second-order valence-electron chi connectivity index (χ2n) is 3.53. The van der Waals surface area contributed by atoms with Gasteiger partial charge in [0.1, 0.15) is 5.69 Å². The molecule has 0 radical (unpaired) electrons. The van der Waals surface area contributed by atoms with Gasteiger partial charge in [-0.1, -0.05) is 6.07 Å². The number of nitrogens with zero attached hydrogens (tertiary/aromatic N) is 1. The van der Waals surface area contributed by atoms with Gasteiger partial charge in [0.05, 0.1) is 13.5 Å². The highest BCUT2D eigenvalue weighted by atomic mass is 19.3. The van der Waals surface area contributed by atoms with Crippen LogP contribution in [0.3, 0.4) is 0 Å². The topological polar surface area (TPSA) is 65.2 Å². The van der Waals surface area contributed by atoms with Gasteiger partial charge in [0.2, 0.25) is 0 Å². The van der Waals surface area contributed by atoms with Crippen molar-refractivity contribution in [2.45, 2.75) is 26.3 Å². The Morgan fingerprint density at radius 2 is 2.18 bits per heavy atom. The Kier molecular flexibility index (Phi) is 4.51. The molecule has 0 spiro atoms. The molecule has 0 unspecified atom stereocenters. The second-order valence-corrected chi connectivity index (χ2v) is 3.53. The first kappa shape index (κ1) is 13.5. The molecule has 17 heavy (non-hydrogen) atoms. The lowest BCUT2D eigenvalue weighted by Gasteiger charge is -2.11. The van der Waals surface area contributed by atoms with Gasteiger partial charge in [0.15, 0.2) is 0 Å². The second kappa shape index (κ2) is 5.67. The summed E-state index contributed by atoms with van der Waals surface area (Å²) in [6.07, 6.45) is -2.66. The van der Waals surface area contributed by atoms with Gasteiger partial charge in [-0.15, -0.1) is 0 Å². The number of aromatic nitrogens is 1. The maximum Gasteiger partial charge on any atom is 0.310 e. The Bertz CT molecular complexity index is 422. The Hall–Kier alpha value is -1.56. The van der Waals surface area contributed by atoms with E-state index in [1.165, 1.54) is 13.2 Å². The highest BCUT2D eigenvalue weighted by molar-refractivity contribution is 5.72. The summed E-state index contributed by atoms with van der Waals surface area (Å²) >= 11 is 0. The minimum Gasteiger partial charge on any atom is -0.469 e. The molecule has 0 saturated carbocycles. The molecule has 0 aliphatic carbocycles. The molecule has 1 heterocycles. The molecule has 0 aliphatic rings. The van der Waals surface area contributed by atoms with E-state index >= 15 is 0 Å². The Morgan fingerprint density at radius 3 is 2.65 bits per heavy atom. The van der Waals surface area contributed by atoms with Crippen molar-refractivity contribution in [2.75, 3.05) is 7.11 Å². The molecule has 1 rings (SSSR count). The van der Waals surface area contributed by atoms with E-state index in [0.29, 0.717) is 11.3 Å². The lowest BCUT2D eigenvalue weighted by molar-refractivity contribution is -0.139. The first-order valence-corrected chi connectivity index (χ1v) is 5.04. The van der Waals surface area contributed by atoms with Crippen LogP contribution in [-0.4, -0.2) is 18.1 Å². The van der Waals surface area contributed by atoms with Crippen LogP contribution < -0.4 is 5.73 Å². The lowest BCUT2D eigenvalue weighted by atomic mass is 10.1. The number of hydrogen-bond donors (Lipinski definition) is 1. The van der Waals surface area contributed by atoms with Gasteiger partial charge in [0.25, 0.3) is 6.43 Å². The molecule has 0 fully saturated rings. The molecule has 6 heteroatoms. The van der Waals surface area contributed by atoms with Gasteiger partial charge in [-0.2, -0.15) is 0 Å². The standard InChI is InChI=1S/C11H14F2N2O2/c1-6-7(4-9(16)17-2)3-8(5-14)10(15-6)11(12)13/h3,11H,4-5,14H2,1-2H3. The molecule has 0 saturated heterocycles. The minimum atomic E-state index is -2.67. The highest BCUT2D eigenvalue weighted by Gasteiger charge is 2.17. The zero-order valence-corrected chi connectivity index (χ0v) is 9.67. The van der Waals surface area contributed by atoms with E-state index in [9.17, 15) is 13.6 Å². The van der Waals surface area contributed by atoms with Crippen molar-refractivity contribution >= 4 is 5.97 Å². The van der Waals surface area contributed by atoms with Gasteiger partial charge in [-0.3, -0.25) is 9.78 Å². The summed E-state index contributed by atoms with van der Waals surface area (Å²) in [5, 5.41) is 0. The molecule has 1 aromatic rings. The van der Waals surface area contributed by atoms with E-state index < -0.39 is 12.4 Å². The van der Waals surface area contributed by atoms with Crippen LogP contribution in [0, 0.1) is 6.92 Å². The number of ether oxygens (including phenoxy) is 1. The third-order valence-corrected chi connectivity index (χ3v) is 2.42. The average Bonchev–Trinajstić information content (AvgIpc) is 2.30. The zero-order valence-electron chi connectivity index (χ0n) is 9.67.